The minimum atomic E-state index is 0.0334. The van der Waals surface area contributed by atoms with Gasteiger partial charge in [-0.25, -0.2) is 0 Å². The Morgan fingerprint density at radius 2 is 2.07 bits per heavy atom. The molecule has 1 aromatic carbocycles. The van der Waals surface area contributed by atoms with E-state index in [0.717, 1.165) is 25.3 Å². The van der Waals surface area contributed by atoms with Gasteiger partial charge in [-0.3, -0.25) is 14.9 Å². The minimum absolute atomic E-state index is 0.0334. The highest BCUT2D eigenvalue weighted by atomic mass is 16.5. The lowest BCUT2D eigenvalue weighted by atomic mass is 10.0. The number of hydrogen-bond donors (Lipinski definition) is 2. The van der Waals surface area contributed by atoms with Gasteiger partial charge in [0.2, 0.25) is 5.91 Å². The Labute approximate surface area is 171 Å². The fraction of sp³-hybridized carbons (Fsp3) is 0.476. The van der Waals surface area contributed by atoms with E-state index in [1.165, 1.54) is 0 Å². The van der Waals surface area contributed by atoms with Crippen molar-refractivity contribution in [3.8, 4) is 5.75 Å². The Balaban J connectivity index is 1.82. The molecule has 0 bridgehead atoms. The van der Waals surface area contributed by atoms with Gasteiger partial charge in [-0.15, -0.1) is 0 Å². The number of carbonyl (C=O) groups is 1. The molecule has 3 rings (SSSR count). The van der Waals surface area contributed by atoms with E-state index < -0.39 is 0 Å². The first-order chi connectivity index (χ1) is 13.8. The standard InChI is InChI=1S/C21H30N6O2/c1-5-8-26-9-10-27(13-20(26)28)19-12-18(24-25(19)4)21(23)16-11-15(29-14(2)3)6-7-17(16)22/h6-7,11-12,14,23H,5,8-10,13,22H2,1-4H3. The summed E-state index contributed by atoms with van der Waals surface area (Å²) in [6.45, 7) is 8.55. The highest BCUT2D eigenvalue weighted by Crippen LogP contribution is 2.25. The van der Waals surface area contributed by atoms with Crippen LogP contribution in [0.5, 0.6) is 5.75 Å². The minimum Gasteiger partial charge on any atom is -0.491 e. The molecule has 1 fully saturated rings. The van der Waals surface area contributed by atoms with Gasteiger partial charge in [-0.05, 0) is 38.5 Å². The van der Waals surface area contributed by atoms with Crippen molar-refractivity contribution in [2.75, 3.05) is 36.8 Å². The summed E-state index contributed by atoms with van der Waals surface area (Å²) in [5, 5.41) is 13.1. The summed E-state index contributed by atoms with van der Waals surface area (Å²) in [5.74, 6) is 1.61. The number of nitrogen functional groups attached to an aromatic ring is 1. The van der Waals surface area contributed by atoms with Gasteiger partial charge in [0.05, 0.1) is 18.4 Å². The number of aryl methyl sites for hydroxylation is 1. The monoisotopic (exact) mass is 398 g/mol. The zero-order valence-corrected chi connectivity index (χ0v) is 17.6. The van der Waals surface area contributed by atoms with Crippen molar-refractivity contribution in [2.24, 2.45) is 7.05 Å². The van der Waals surface area contributed by atoms with Crippen molar-refractivity contribution in [1.29, 1.82) is 5.41 Å². The lowest BCUT2D eigenvalue weighted by Gasteiger charge is -2.35. The third kappa shape index (κ3) is 4.52. The van der Waals surface area contributed by atoms with Crippen molar-refractivity contribution in [3.05, 3.63) is 35.5 Å². The van der Waals surface area contributed by atoms with E-state index >= 15 is 0 Å². The van der Waals surface area contributed by atoms with E-state index in [1.807, 2.05) is 36.8 Å². The van der Waals surface area contributed by atoms with Gasteiger partial charge in [0, 0.05) is 44.0 Å². The van der Waals surface area contributed by atoms with E-state index in [-0.39, 0.29) is 17.7 Å². The van der Waals surface area contributed by atoms with Crippen LogP contribution < -0.4 is 15.4 Å². The highest BCUT2D eigenvalue weighted by Gasteiger charge is 2.26. The molecule has 8 heteroatoms. The van der Waals surface area contributed by atoms with Crippen molar-refractivity contribution < 1.29 is 9.53 Å². The third-order valence-corrected chi connectivity index (χ3v) is 4.91. The van der Waals surface area contributed by atoms with Crippen LogP contribution in [-0.4, -0.2) is 58.6 Å². The number of rotatable bonds is 7. The van der Waals surface area contributed by atoms with Gasteiger partial charge in [0.25, 0.3) is 0 Å². The predicted molar refractivity (Wildman–Crippen MR) is 115 cm³/mol. The molecule has 1 aromatic heterocycles. The average Bonchev–Trinajstić information content (AvgIpc) is 3.06. The van der Waals surface area contributed by atoms with Crippen molar-refractivity contribution >= 4 is 23.1 Å². The number of hydrogen-bond acceptors (Lipinski definition) is 6. The number of aromatic nitrogens is 2. The lowest BCUT2D eigenvalue weighted by Crippen LogP contribution is -2.51. The van der Waals surface area contributed by atoms with Crippen molar-refractivity contribution in [2.45, 2.75) is 33.3 Å². The molecule has 0 spiro atoms. The second kappa shape index (κ2) is 8.55. The Morgan fingerprint density at radius 3 is 2.72 bits per heavy atom. The number of carbonyl (C=O) groups excluding carboxylic acids is 1. The first-order valence-electron chi connectivity index (χ1n) is 10.0. The second-order valence-corrected chi connectivity index (χ2v) is 7.60. The predicted octanol–water partition coefficient (Wildman–Crippen LogP) is 2.26. The summed E-state index contributed by atoms with van der Waals surface area (Å²) in [4.78, 5) is 16.3. The molecule has 2 heterocycles. The van der Waals surface area contributed by atoms with Crippen LogP contribution in [0.15, 0.2) is 24.3 Å². The maximum Gasteiger partial charge on any atom is 0.242 e. The van der Waals surface area contributed by atoms with E-state index in [2.05, 4.69) is 12.0 Å². The van der Waals surface area contributed by atoms with E-state index in [9.17, 15) is 4.79 Å². The number of nitrogens with two attached hydrogens (primary N) is 1. The molecule has 0 unspecified atom stereocenters. The summed E-state index contributed by atoms with van der Waals surface area (Å²) >= 11 is 0. The molecule has 156 valence electrons. The van der Waals surface area contributed by atoms with Crippen LogP contribution in [0.3, 0.4) is 0 Å². The van der Waals surface area contributed by atoms with E-state index in [1.54, 1.807) is 22.9 Å². The molecule has 0 radical (unpaired) electrons. The first-order valence-corrected chi connectivity index (χ1v) is 10.0. The van der Waals surface area contributed by atoms with Crippen LogP contribution >= 0.6 is 0 Å². The zero-order chi connectivity index (χ0) is 21.1. The molecule has 3 N–H and O–H groups in total. The summed E-state index contributed by atoms with van der Waals surface area (Å²) in [6, 6.07) is 7.17. The fourth-order valence-corrected chi connectivity index (χ4v) is 3.52. The quantitative estimate of drug-likeness (QED) is 0.550. The molecule has 1 saturated heterocycles. The summed E-state index contributed by atoms with van der Waals surface area (Å²) in [7, 11) is 1.83. The number of anilines is 2. The molecule has 0 atom stereocenters. The van der Waals surface area contributed by atoms with Crippen molar-refractivity contribution in [1.82, 2.24) is 14.7 Å². The van der Waals surface area contributed by atoms with Crippen LogP contribution in [0, 0.1) is 5.41 Å². The topological polar surface area (TPSA) is 100 Å². The Morgan fingerprint density at radius 1 is 1.31 bits per heavy atom. The molecular weight excluding hydrogens is 368 g/mol. The number of piperazine rings is 1. The Bertz CT molecular complexity index is 905. The van der Waals surface area contributed by atoms with Gasteiger partial charge in [-0.2, -0.15) is 5.10 Å². The lowest BCUT2D eigenvalue weighted by molar-refractivity contribution is -0.131. The molecular formula is C21H30N6O2. The maximum atomic E-state index is 12.4. The summed E-state index contributed by atoms with van der Waals surface area (Å²) in [6.07, 6.45) is 0.991. The fourth-order valence-electron chi connectivity index (χ4n) is 3.52. The molecule has 2 aromatic rings. The Kier molecular flexibility index (Phi) is 6.10. The number of benzene rings is 1. The van der Waals surface area contributed by atoms with Crippen LogP contribution in [0.25, 0.3) is 0 Å². The van der Waals surface area contributed by atoms with Gasteiger partial charge < -0.3 is 20.3 Å². The van der Waals surface area contributed by atoms with E-state index in [0.29, 0.717) is 35.8 Å². The summed E-state index contributed by atoms with van der Waals surface area (Å²) < 4.78 is 7.45. The van der Waals surface area contributed by atoms with Crippen LogP contribution in [0.2, 0.25) is 0 Å². The van der Waals surface area contributed by atoms with Gasteiger partial charge in [-0.1, -0.05) is 6.92 Å². The van der Waals surface area contributed by atoms with Gasteiger partial charge in [0.15, 0.2) is 0 Å². The number of amides is 1. The summed E-state index contributed by atoms with van der Waals surface area (Å²) in [5.41, 5.74) is 7.94. The molecule has 1 aliphatic rings. The van der Waals surface area contributed by atoms with Crippen LogP contribution in [0.1, 0.15) is 38.4 Å². The largest absolute Gasteiger partial charge is 0.491 e. The first kappa shape index (κ1) is 20.7. The highest BCUT2D eigenvalue weighted by molar-refractivity contribution is 6.13. The van der Waals surface area contributed by atoms with E-state index in [4.69, 9.17) is 15.9 Å². The Hall–Kier alpha value is -3.03. The molecule has 0 aliphatic carbocycles. The molecule has 8 nitrogen and oxygen atoms in total. The number of nitrogens with zero attached hydrogens (tertiary/aromatic N) is 4. The SMILES string of the molecule is CCCN1CCN(c2cc(C(=N)c3cc(OC(C)C)ccc3N)nn2C)CC1=O. The number of nitrogens with one attached hydrogen (secondary N) is 1. The number of ether oxygens (including phenoxy) is 1. The molecule has 1 amide bonds. The smallest absolute Gasteiger partial charge is 0.242 e. The molecule has 0 saturated carbocycles. The normalized spacial score (nSPS) is 14.6. The van der Waals surface area contributed by atoms with Crippen LogP contribution in [0.4, 0.5) is 11.5 Å². The zero-order valence-electron chi connectivity index (χ0n) is 17.6. The second-order valence-electron chi connectivity index (χ2n) is 7.60. The van der Waals surface area contributed by atoms with Gasteiger partial charge >= 0.3 is 0 Å². The maximum absolute atomic E-state index is 12.4. The molecule has 1 aliphatic heterocycles. The molecule has 29 heavy (non-hydrogen) atoms. The van der Waals surface area contributed by atoms with Crippen LogP contribution in [-0.2, 0) is 11.8 Å². The van der Waals surface area contributed by atoms with Crippen molar-refractivity contribution in [3.63, 3.8) is 0 Å². The van der Waals surface area contributed by atoms with Gasteiger partial charge in [0.1, 0.15) is 17.3 Å². The average molecular weight is 399 g/mol. The third-order valence-electron chi connectivity index (χ3n) is 4.91.